The smallest absolute Gasteiger partial charge is 0.269 e. The summed E-state index contributed by atoms with van der Waals surface area (Å²) in [4.78, 5) is 38.0. The number of aromatic nitrogens is 1. The third kappa shape index (κ3) is 5.47. The number of rotatable bonds is 6. The molecule has 1 aromatic carbocycles. The van der Waals surface area contributed by atoms with Crippen LogP contribution < -0.4 is 20.1 Å². The van der Waals surface area contributed by atoms with Gasteiger partial charge in [0.25, 0.3) is 5.56 Å². The lowest BCUT2D eigenvalue weighted by Crippen LogP contribution is -2.38. The number of carbonyl (C=O) groups is 2. The first-order valence-electron chi connectivity index (χ1n) is 9.77. The summed E-state index contributed by atoms with van der Waals surface area (Å²) in [5.74, 6) is -1.85. The Morgan fingerprint density at radius 3 is 2.44 bits per heavy atom. The average molecular weight is 461 g/mol. The van der Waals surface area contributed by atoms with Crippen molar-refractivity contribution in [3.63, 3.8) is 0 Å². The molecule has 0 unspecified atom stereocenters. The molecule has 168 valence electrons. The Balaban J connectivity index is 2.05. The lowest BCUT2D eigenvalue weighted by molar-refractivity contribution is -0.122. The number of benzene rings is 1. The third-order valence-corrected chi connectivity index (χ3v) is 5.61. The standard InChI is InChI=1S/C23H22F2N2O4S/c1-23(2,3)19(28)11-21-27(13-20(29)26-12-14-6-5-9-31-14)22(30)18(32-21)10-15-16(24)7-4-8-17(15)25/h4-11H,12-13H2,1-3H3,(H,26,29)/b18-10-,21-11-. The number of hydrogen-bond donors (Lipinski definition) is 1. The van der Waals surface area contributed by atoms with Crippen molar-refractivity contribution in [2.24, 2.45) is 5.41 Å². The largest absolute Gasteiger partial charge is 0.467 e. The van der Waals surface area contributed by atoms with Crippen molar-refractivity contribution in [3.05, 3.63) is 79.1 Å². The summed E-state index contributed by atoms with van der Waals surface area (Å²) in [5.41, 5.74) is -1.71. The maximum atomic E-state index is 14.1. The Kier molecular flexibility index (Phi) is 6.88. The number of thiazole rings is 1. The van der Waals surface area contributed by atoms with Crippen LogP contribution in [0.5, 0.6) is 0 Å². The quantitative estimate of drug-likeness (QED) is 0.612. The number of nitrogens with zero attached hydrogens (tertiary/aromatic N) is 1. The molecule has 6 nitrogen and oxygen atoms in total. The van der Waals surface area contributed by atoms with E-state index >= 15 is 0 Å². The van der Waals surface area contributed by atoms with Crippen molar-refractivity contribution in [1.82, 2.24) is 9.88 Å². The van der Waals surface area contributed by atoms with Gasteiger partial charge in [-0.2, -0.15) is 0 Å². The van der Waals surface area contributed by atoms with Crippen LogP contribution >= 0.6 is 11.3 Å². The predicted molar refractivity (Wildman–Crippen MR) is 117 cm³/mol. The zero-order chi connectivity index (χ0) is 23.5. The number of amides is 1. The van der Waals surface area contributed by atoms with Gasteiger partial charge in [-0.3, -0.25) is 19.0 Å². The van der Waals surface area contributed by atoms with Crippen molar-refractivity contribution < 1.29 is 22.8 Å². The second kappa shape index (κ2) is 9.44. The number of Topliss-reactive ketones (excluding diaryl/α,β-unsaturated/α-hetero) is 1. The van der Waals surface area contributed by atoms with Crippen LogP contribution in [-0.2, 0) is 22.7 Å². The predicted octanol–water partition coefficient (Wildman–Crippen LogP) is 2.32. The average Bonchev–Trinajstić information content (AvgIpc) is 3.33. The van der Waals surface area contributed by atoms with Gasteiger partial charge in [0.15, 0.2) is 5.78 Å². The lowest BCUT2D eigenvalue weighted by atomic mass is 9.91. The summed E-state index contributed by atoms with van der Waals surface area (Å²) in [6, 6.07) is 6.76. The molecule has 0 aliphatic heterocycles. The number of hydrogen-bond acceptors (Lipinski definition) is 5. The minimum Gasteiger partial charge on any atom is -0.467 e. The molecule has 0 aliphatic carbocycles. The topological polar surface area (TPSA) is 81.3 Å². The van der Waals surface area contributed by atoms with Crippen LogP contribution in [0.1, 0.15) is 32.1 Å². The molecule has 3 rings (SSSR count). The van der Waals surface area contributed by atoms with E-state index in [0.29, 0.717) is 5.76 Å². The monoisotopic (exact) mass is 460 g/mol. The van der Waals surface area contributed by atoms with Crippen LogP contribution in [0, 0.1) is 17.0 Å². The molecule has 0 radical (unpaired) electrons. The minimum absolute atomic E-state index is 0.000735. The minimum atomic E-state index is -0.822. The Bertz CT molecular complexity index is 1300. The number of furan rings is 1. The molecule has 1 N–H and O–H groups in total. The second-order valence-corrected chi connectivity index (χ2v) is 9.15. The molecule has 0 saturated heterocycles. The van der Waals surface area contributed by atoms with Crippen molar-refractivity contribution in [1.29, 1.82) is 0 Å². The normalized spacial score (nSPS) is 12.9. The van der Waals surface area contributed by atoms with Gasteiger partial charge in [0.1, 0.15) is 28.6 Å². The zero-order valence-electron chi connectivity index (χ0n) is 17.8. The highest BCUT2D eigenvalue weighted by Crippen LogP contribution is 2.15. The molecule has 0 saturated carbocycles. The van der Waals surface area contributed by atoms with E-state index < -0.39 is 28.5 Å². The fourth-order valence-electron chi connectivity index (χ4n) is 2.70. The Labute approximate surface area is 186 Å². The van der Waals surface area contributed by atoms with E-state index in [4.69, 9.17) is 4.42 Å². The van der Waals surface area contributed by atoms with Gasteiger partial charge in [0, 0.05) is 17.1 Å². The number of ketones is 1. The molecular formula is C23H22F2N2O4S. The molecule has 32 heavy (non-hydrogen) atoms. The molecular weight excluding hydrogens is 438 g/mol. The highest BCUT2D eigenvalue weighted by Gasteiger charge is 2.20. The van der Waals surface area contributed by atoms with Crippen molar-refractivity contribution in [2.45, 2.75) is 33.9 Å². The maximum Gasteiger partial charge on any atom is 0.269 e. The lowest BCUT2D eigenvalue weighted by Gasteiger charge is -2.12. The summed E-state index contributed by atoms with van der Waals surface area (Å²) in [6.07, 6.45) is 3.84. The van der Waals surface area contributed by atoms with E-state index in [1.807, 2.05) is 0 Å². The fraction of sp³-hybridized carbons (Fsp3) is 0.261. The molecule has 1 amide bonds. The molecule has 9 heteroatoms. The first kappa shape index (κ1) is 23.3. The van der Waals surface area contributed by atoms with Crippen LogP contribution in [0.15, 0.2) is 45.8 Å². The van der Waals surface area contributed by atoms with Crippen LogP contribution in [0.2, 0.25) is 0 Å². The van der Waals surface area contributed by atoms with Crippen LogP contribution in [0.3, 0.4) is 0 Å². The molecule has 0 aliphatic rings. The molecule has 2 aromatic heterocycles. The third-order valence-electron chi connectivity index (χ3n) is 4.55. The SMILES string of the molecule is CC(C)(C)C(=O)/C=c1\s/c(=C\c2c(F)cccc2F)c(=O)n1CC(=O)NCc1ccco1. The first-order valence-corrected chi connectivity index (χ1v) is 10.6. The summed E-state index contributed by atoms with van der Waals surface area (Å²) in [7, 11) is 0. The Hall–Kier alpha value is -3.33. The number of nitrogens with one attached hydrogen (secondary N) is 1. The van der Waals surface area contributed by atoms with E-state index in [9.17, 15) is 23.2 Å². The Morgan fingerprint density at radius 1 is 1.16 bits per heavy atom. The van der Waals surface area contributed by atoms with Crippen molar-refractivity contribution in [2.75, 3.05) is 0 Å². The molecule has 3 aromatic rings. The van der Waals surface area contributed by atoms with Crippen LogP contribution in [0.25, 0.3) is 12.2 Å². The fourth-order valence-corrected chi connectivity index (χ4v) is 3.72. The highest BCUT2D eigenvalue weighted by atomic mass is 32.1. The summed E-state index contributed by atoms with van der Waals surface area (Å²) in [5, 5.41) is 2.63. The molecule has 0 atom stereocenters. The van der Waals surface area contributed by atoms with Gasteiger partial charge in [-0.05, 0) is 30.3 Å². The van der Waals surface area contributed by atoms with E-state index in [1.165, 1.54) is 18.4 Å². The molecule has 0 bridgehead atoms. The highest BCUT2D eigenvalue weighted by molar-refractivity contribution is 7.07. The Morgan fingerprint density at radius 2 is 1.84 bits per heavy atom. The van der Waals surface area contributed by atoms with E-state index in [2.05, 4.69) is 5.32 Å². The molecule has 0 spiro atoms. The van der Waals surface area contributed by atoms with Gasteiger partial charge in [0.05, 0.1) is 17.3 Å². The zero-order valence-corrected chi connectivity index (χ0v) is 18.6. The van der Waals surface area contributed by atoms with Gasteiger partial charge in [-0.15, -0.1) is 11.3 Å². The second-order valence-electron chi connectivity index (χ2n) is 8.09. The summed E-state index contributed by atoms with van der Waals surface area (Å²) < 4.78 is 34.6. The van der Waals surface area contributed by atoms with Crippen molar-refractivity contribution in [3.8, 4) is 0 Å². The maximum absolute atomic E-state index is 14.1. The molecule has 2 heterocycles. The van der Waals surface area contributed by atoms with Crippen LogP contribution in [-0.4, -0.2) is 16.3 Å². The van der Waals surface area contributed by atoms with Gasteiger partial charge >= 0.3 is 0 Å². The van der Waals surface area contributed by atoms with Crippen molar-refractivity contribution >= 4 is 35.2 Å². The van der Waals surface area contributed by atoms with E-state index in [0.717, 1.165) is 34.1 Å². The van der Waals surface area contributed by atoms with Gasteiger partial charge in [-0.1, -0.05) is 26.8 Å². The molecule has 0 fully saturated rings. The van der Waals surface area contributed by atoms with E-state index in [-0.39, 0.29) is 33.6 Å². The first-order chi connectivity index (χ1) is 15.1. The van der Waals surface area contributed by atoms with Gasteiger partial charge < -0.3 is 9.73 Å². The summed E-state index contributed by atoms with van der Waals surface area (Å²) in [6.45, 7) is 4.93. The van der Waals surface area contributed by atoms with Gasteiger partial charge in [0.2, 0.25) is 5.91 Å². The number of carbonyl (C=O) groups excluding carboxylic acids is 2. The number of halogens is 2. The van der Waals surface area contributed by atoms with E-state index in [1.54, 1.807) is 32.9 Å². The van der Waals surface area contributed by atoms with Gasteiger partial charge in [-0.25, -0.2) is 8.78 Å². The summed E-state index contributed by atoms with van der Waals surface area (Å²) >= 11 is 0.887. The van der Waals surface area contributed by atoms with Crippen LogP contribution in [0.4, 0.5) is 8.78 Å².